The Morgan fingerprint density at radius 2 is 2.28 bits per heavy atom. The van der Waals surface area contributed by atoms with E-state index in [2.05, 4.69) is 34.7 Å². The van der Waals surface area contributed by atoms with Gasteiger partial charge in [0.15, 0.2) is 0 Å². The number of aryl methyl sites for hydroxylation is 1. The molecular weight excluding hydrogens is 226 g/mol. The highest BCUT2D eigenvalue weighted by Gasteiger charge is 2.09. The quantitative estimate of drug-likeness (QED) is 0.850. The maximum absolute atomic E-state index is 5.40. The molecular formula is C14H21N3O. The zero-order chi connectivity index (χ0) is 13.0. The number of rotatable bonds is 6. The van der Waals surface area contributed by atoms with Crippen LogP contribution in [0.25, 0.3) is 5.65 Å². The Balaban J connectivity index is 2.05. The van der Waals surface area contributed by atoms with Gasteiger partial charge in [-0.1, -0.05) is 6.07 Å². The van der Waals surface area contributed by atoms with Crippen molar-refractivity contribution < 1.29 is 4.74 Å². The highest BCUT2D eigenvalue weighted by Crippen LogP contribution is 2.11. The molecule has 0 amide bonds. The number of pyridine rings is 1. The maximum Gasteiger partial charge on any atom is 0.137 e. The number of nitrogens with one attached hydrogen (secondary N) is 1. The second-order valence-corrected chi connectivity index (χ2v) is 4.51. The SMILES string of the molecule is CCOCC(C)NCc1c(C)nc2ccccn12. The van der Waals surface area contributed by atoms with Crippen LogP contribution in [-0.2, 0) is 11.3 Å². The molecule has 2 aromatic heterocycles. The molecule has 0 saturated carbocycles. The fourth-order valence-electron chi connectivity index (χ4n) is 2.00. The van der Waals surface area contributed by atoms with Crippen molar-refractivity contribution in [1.82, 2.24) is 14.7 Å². The molecule has 1 unspecified atom stereocenters. The van der Waals surface area contributed by atoms with E-state index in [1.54, 1.807) is 0 Å². The lowest BCUT2D eigenvalue weighted by Gasteiger charge is -2.13. The molecule has 0 aliphatic heterocycles. The molecule has 1 N–H and O–H groups in total. The molecule has 4 heteroatoms. The topological polar surface area (TPSA) is 38.6 Å². The fraction of sp³-hybridized carbons (Fsp3) is 0.500. The van der Waals surface area contributed by atoms with Crippen molar-refractivity contribution in [3.63, 3.8) is 0 Å². The number of ether oxygens (including phenoxy) is 1. The van der Waals surface area contributed by atoms with Crippen LogP contribution >= 0.6 is 0 Å². The number of hydrogen-bond acceptors (Lipinski definition) is 3. The molecule has 0 aliphatic carbocycles. The smallest absolute Gasteiger partial charge is 0.137 e. The van der Waals surface area contributed by atoms with Gasteiger partial charge in [-0.15, -0.1) is 0 Å². The molecule has 0 aromatic carbocycles. The summed E-state index contributed by atoms with van der Waals surface area (Å²) < 4.78 is 7.53. The van der Waals surface area contributed by atoms with Gasteiger partial charge in [-0.25, -0.2) is 4.98 Å². The van der Waals surface area contributed by atoms with Crippen LogP contribution in [0.15, 0.2) is 24.4 Å². The van der Waals surface area contributed by atoms with Crippen molar-refractivity contribution in [2.24, 2.45) is 0 Å². The van der Waals surface area contributed by atoms with E-state index in [9.17, 15) is 0 Å². The molecule has 1 atom stereocenters. The minimum atomic E-state index is 0.346. The highest BCUT2D eigenvalue weighted by molar-refractivity contribution is 5.42. The normalized spacial score (nSPS) is 13.1. The molecule has 0 fully saturated rings. The van der Waals surface area contributed by atoms with E-state index in [1.165, 1.54) is 5.69 Å². The Bertz CT molecular complexity index is 507. The minimum absolute atomic E-state index is 0.346. The average Bonchev–Trinajstić information content (AvgIpc) is 2.69. The van der Waals surface area contributed by atoms with Crippen molar-refractivity contribution in [3.05, 3.63) is 35.8 Å². The summed E-state index contributed by atoms with van der Waals surface area (Å²) in [6, 6.07) is 6.41. The van der Waals surface area contributed by atoms with Gasteiger partial charge in [0.2, 0.25) is 0 Å². The molecule has 2 aromatic rings. The van der Waals surface area contributed by atoms with E-state index in [1.807, 2.05) is 25.1 Å². The van der Waals surface area contributed by atoms with E-state index >= 15 is 0 Å². The first-order valence-corrected chi connectivity index (χ1v) is 6.46. The number of imidazole rings is 1. The predicted molar refractivity (Wildman–Crippen MR) is 72.7 cm³/mol. The predicted octanol–water partition coefficient (Wildman–Crippen LogP) is 2.16. The van der Waals surface area contributed by atoms with E-state index in [4.69, 9.17) is 4.74 Å². The third-order valence-electron chi connectivity index (χ3n) is 3.02. The summed E-state index contributed by atoms with van der Waals surface area (Å²) in [5.74, 6) is 0. The molecule has 98 valence electrons. The molecule has 0 aliphatic rings. The Morgan fingerprint density at radius 3 is 3.06 bits per heavy atom. The third kappa shape index (κ3) is 2.89. The van der Waals surface area contributed by atoms with Crippen molar-refractivity contribution in [3.8, 4) is 0 Å². The molecule has 0 saturated heterocycles. The number of fused-ring (bicyclic) bond motifs is 1. The summed E-state index contributed by atoms with van der Waals surface area (Å²) in [5, 5.41) is 3.47. The Hall–Kier alpha value is -1.39. The summed E-state index contributed by atoms with van der Waals surface area (Å²) in [4.78, 5) is 4.54. The van der Waals surface area contributed by atoms with Gasteiger partial charge in [-0.3, -0.25) is 0 Å². The summed E-state index contributed by atoms with van der Waals surface area (Å²) in [6.45, 7) is 8.52. The van der Waals surface area contributed by atoms with Gasteiger partial charge in [0.05, 0.1) is 18.0 Å². The van der Waals surface area contributed by atoms with Crippen molar-refractivity contribution in [2.45, 2.75) is 33.4 Å². The van der Waals surface area contributed by atoms with Crippen LogP contribution in [0.1, 0.15) is 25.2 Å². The van der Waals surface area contributed by atoms with Gasteiger partial charge in [-0.05, 0) is 32.9 Å². The maximum atomic E-state index is 5.40. The second kappa shape index (κ2) is 5.98. The van der Waals surface area contributed by atoms with Crippen LogP contribution in [-0.4, -0.2) is 28.6 Å². The summed E-state index contributed by atoms with van der Waals surface area (Å²) in [7, 11) is 0. The van der Waals surface area contributed by atoms with Crippen LogP contribution in [0, 0.1) is 6.92 Å². The Morgan fingerprint density at radius 1 is 1.44 bits per heavy atom. The number of nitrogens with zero attached hydrogens (tertiary/aromatic N) is 2. The fourth-order valence-corrected chi connectivity index (χ4v) is 2.00. The van der Waals surface area contributed by atoms with Crippen LogP contribution in [0.2, 0.25) is 0 Å². The standard InChI is InChI=1S/C14H21N3O/c1-4-18-10-11(2)15-9-13-12(3)16-14-7-5-6-8-17(13)14/h5-8,11,15H,4,9-10H2,1-3H3. The summed E-state index contributed by atoms with van der Waals surface area (Å²) >= 11 is 0. The van der Waals surface area contributed by atoms with Gasteiger partial charge in [0.1, 0.15) is 5.65 Å². The van der Waals surface area contributed by atoms with Crippen LogP contribution in [0.3, 0.4) is 0 Å². The average molecular weight is 247 g/mol. The molecule has 2 rings (SSSR count). The second-order valence-electron chi connectivity index (χ2n) is 4.51. The zero-order valence-corrected chi connectivity index (χ0v) is 11.3. The van der Waals surface area contributed by atoms with Crippen molar-refractivity contribution in [2.75, 3.05) is 13.2 Å². The first-order valence-electron chi connectivity index (χ1n) is 6.46. The van der Waals surface area contributed by atoms with Crippen molar-refractivity contribution >= 4 is 5.65 Å². The highest BCUT2D eigenvalue weighted by atomic mass is 16.5. The Labute approximate surface area is 108 Å². The van der Waals surface area contributed by atoms with Crippen molar-refractivity contribution in [1.29, 1.82) is 0 Å². The van der Waals surface area contributed by atoms with Gasteiger partial charge >= 0.3 is 0 Å². The van der Waals surface area contributed by atoms with Gasteiger partial charge < -0.3 is 14.5 Å². The first-order chi connectivity index (χ1) is 8.72. The molecule has 2 heterocycles. The van der Waals surface area contributed by atoms with Gasteiger partial charge in [0.25, 0.3) is 0 Å². The summed E-state index contributed by atoms with van der Waals surface area (Å²) in [6.07, 6.45) is 2.06. The van der Waals surface area contributed by atoms with Crippen LogP contribution < -0.4 is 5.32 Å². The largest absolute Gasteiger partial charge is 0.380 e. The number of aromatic nitrogens is 2. The minimum Gasteiger partial charge on any atom is -0.380 e. The van der Waals surface area contributed by atoms with Crippen LogP contribution in [0.5, 0.6) is 0 Å². The van der Waals surface area contributed by atoms with E-state index < -0.39 is 0 Å². The van der Waals surface area contributed by atoms with Gasteiger partial charge in [0, 0.05) is 25.4 Å². The molecule has 18 heavy (non-hydrogen) atoms. The Kier molecular flexibility index (Phi) is 4.33. The third-order valence-corrected chi connectivity index (χ3v) is 3.02. The molecule has 0 radical (unpaired) electrons. The lowest BCUT2D eigenvalue weighted by Crippen LogP contribution is -2.30. The van der Waals surface area contributed by atoms with Gasteiger partial charge in [-0.2, -0.15) is 0 Å². The molecule has 0 bridgehead atoms. The van der Waals surface area contributed by atoms with E-state index in [0.29, 0.717) is 6.04 Å². The van der Waals surface area contributed by atoms with E-state index in [0.717, 1.165) is 31.1 Å². The number of hydrogen-bond donors (Lipinski definition) is 1. The first kappa shape index (κ1) is 13.1. The zero-order valence-electron chi connectivity index (χ0n) is 11.3. The summed E-state index contributed by atoms with van der Waals surface area (Å²) in [5.41, 5.74) is 3.30. The lowest BCUT2D eigenvalue weighted by atomic mass is 10.3. The van der Waals surface area contributed by atoms with E-state index in [-0.39, 0.29) is 0 Å². The monoisotopic (exact) mass is 247 g/mol. The van der Waals surface area contributed by atoms with Crippen LogP contribution in [0.4, 0.5) is 0 Å². The molecule has 4 nitrogen and oxygen atoms in total. The lowest BCUT2D eigenvalue weighted by molar-refractivity contribution is 0.127. The molecule has 0 spiro atoms.